The number of hydrogen-bond donors (Lipinski definition) is 1. The molecule has 0 aliphatic heterocycles. The van der Waals surface area contributed by atoms with Crippen molar-refractivity contribution in [2.45, 2.75) is 25.9 Å². The van der Waals surface area contributed by atoms with Crippen LogP contribution in [0.25, 0.3) is 0 Å². The van der Waals surface area contributed by atoms with Gasteiger partial charge in [-0.3, -0.25) is 9.69 Å². The van der Waals surface area contributed by atoms with Crippen LogP contribution in [0.2, 0.25) is 0 Å². The molecule has 0 spiro atoms. The zero-order valence-corrected chi connectivity index (χ0v) is 14.2. The van der Waals surface area contributed by atoms with Crippen LogP contribution in [0.5, 0.6) is 5.75 Å². The summed E-state index contributed by atoms with van der Waals surface area (Å²) in [5, 5.41) is 2.60. The molecule has 1 atom stereocenters. The van der Waals surface area contributed by atoms with Crippen molar-refractivity contribution in [2.75, 3.05) is 12.4 Å². The molecule has 2 aromatic carbocycles. The lowest BCUT2D eigenvalue weighted by Gasteiger charge is -2.24. The van der Waals surface area contributed by atoms with Gasteiger partial charge in [0.15, 0.2) is 0 Å². The van der Waals surface area contributed by atoms with Crippen LogP contribution >= 0.6 is 0 Å². The Morgan fingerprint density at radius 3 is 2.35 bits per heavy atom. The molecule has 0 aliphatic carbocycles. The van der Waals surface area contributed by atoms with Crippen molar-refractivity contribution in [3.8, 4) is 5.75 Å². The minimum absolute atomic E-state index is 0.236. The molecule has 0 saturated heterocycles. The first kappa shape index (κ1) is 19.7. The first-order valence-corrected chi connectivity index (χ1v) is 7.76. The number of alkyl halides is 3. The minimum atomic E-state index is -4.77. The lowest BCUT2D eigenvalue weighted by Crippen LogP contribution is -2.39. The highest BCUT2D eigenvalue weighted by Crippen LogP contribution is 2.24. The lowest BCUT2D eigenvalue weighted by molar-refractivity contribution is -0.274. The zero-order chi connectivity index (χ0) is 19.3. The molecular weight excluding hydrogens is 352 g/mol. The van der Waals surface area contributed by atoms with Crippen molar-refractivity contribution in [1.29, 1.82) is 0 Å². The number of carbonyl (C=O) groups is 1. The number of benzene rings is 2. The summed E-state index contributed by atoms with van der Waals surface area (Å²) in [4.78, 5) is 13.9. The van der Waals surface area contributed by atoms with Gasteiger partial charge in [0, 0.05) is 17.8 Å². The number of anilines is 1. The van der Waals surface area contributed by atoms with Crippen molar-refractivity contribution >= 4 is 11.6 Å². The lowest BCUT2D eigenvalue weighted by atomic mass is 10.1. The molecule has 0 heterocycles. The Morgan fingerprint density at radius 1 is 1.15 bits per heavy atom. The highest BCUT2D eigenvalue weighted by Gasteiger charge is 2.31. The summed E-state index contributed by atoms with van der Waals surface area (Å²) in [6.45, 7) is 1.89. The first-order chi connectivity index (χ1) is 12.2. The second-order valence-electron chi connectivity index (χ2n) is 5.74. The normalized spacial score (nSPS) is 12.7. The van der Waals surface area contributed by atoms with E-state index in [-0.39, 0.29) is 24.0 Å². The fourth-order valence-corrected chi connectivity index (χ4v) is 2.22. The van der Waals surface area contributed by atoms with Crippen LogP contribution in [0.4, 0.5) is 23.2 Å². The predicted octanol–water partition coefficient (Wildman–Crippen LogP) is 4.18. The van der Waals surface area contributed by atoms with Crippen LogP contribution in [-0.4, -0.2) is 30.3 Å². The number of halogens is 4. The number of rotatable bonds is 6. The van der Waals surface area contributed by atoms with Crippen molar-refractivity contribution in [3.05, 3.63) is 59.9 Å². The monoisotopic (exact) mass is 370 g/mol. The second kappa shape index (κ2) is 8.18. The minimum Gasteiger partial charge on any atom is -0.406 e. The van der Waals surface area contributed by atoms with E-state index in [1.165, 1.54) is 18.2 Å². The number of likely N-dealkylation sites (N-methyl/N-ethyl adjacent to an activating group) is 1. The molecule has 0 fully saturated rings. The Labute approximate surface area is 148 Å². The van der Waals surface area contributed by atoms with Gasteiger partial charge in [-0.05, 0) is 44.3 Å². The van der Waals surface area contributed by atoms with E-state index in [9.17, 15) is 22.4 Å². The Bertz CT molecular complexity index is 748. The number of nitrogens with zero attached hydrogens (tertiary/aromatic N) is 1. The smallest absolute Gasteiger partial charge is 0.406 e. The number of ether oxygens (including phenoxy) is 1. The molecule has 0 saturated carbocycles. The van der Waals surface area contributed by atoms with E-state index in [0.29, 0.717) is 11.3 Å². The Kier molecular flexibility index (Phi) is 6.20. The maximum absolute atomic E-state index is 13.7. The topological polar surface area (TPSA) is 41.6 Å². The third-order valence-electron chi connectivity index (χ3n) is 3.77. The van der Waals surface area contributed by atoms with E-state index >= 15 is 0 Å². The molecule has 1 unspecified atom stereocenters. The highest BCUT2D eigenvalue weighted by molar-refractivity contribution is 5.94. The molecule has 140 valence electrons. The molecule has 4 nitrogen and oxygen atoms in total. The third-order valence-corrected chi connectivity index (χ3v) is 3.77. The maximum Gasteiger partial charge on any atom is 0.573 e. The van der Waals surface area contributed by atoms with Gasteiger partial charge in [0.1, 0.15) is 11.6 Å². The standard InChI is InChI=1S/C18H18F4N2O2/c1-12(24(2)11-13-5-3-4-6-16(13)19)17(25)23-14-7-9-15(10-8-14)26-18(20,21)22/h3-10,12H,11H2,1-2H3,(H,23,25). The van der Waals surface area contributed by atoms with Gasteiger partial charge < -0.3 is 10.1 Å². The fourth-order valence-electron chi connectivity index (χ4n) is 2.22. The predicted molar refractivity (Wildman–Crippen MR) is 89.1 cm³/mol. The van der Waals surface area contributed by atoms with Crippen LogP contribution in [0, 0.1) is 5.82 Å². The second-order valence-corrected chi connectivity index (χ2v) is 5.74. The SMILES string of the molecule is CC(C(=O)Nc1ccc(OC(F)(F)F)cc1)N(C)Cc1ccccc1F. The number of carbonyl (C=O) groups excluding carboxylic acids is 1. The van der Waals surface area contributed by atoms with Gasteiger partial charge in [0.05, 0.1) is 6.04 Å². The summed E-state index contributed by atoms with van der Waals surface area (Å²) in [5.41, 5.74) is 0.791. The molecule has 0 aromatic heterocycles. The average molecular weight is 370 g/mol. The zero-order valence-electron chi connectivity index (χ0n) is 14.2. The summed E-state index contributed by atoms with van der Waals surface area (Å²) in [6.07, 6.45) is -4.77. The van der Waals surface area contributed by atoms with E-state index in [0.717, 1.165) is 12.1 Å². The molecule has 2 rings (SSSR count). The summed E-state index contributed by atoms with van der Waals surface area (Å²) < 4.78 is 53.9. The number of nitrogens with one attached hydrogen (secondary N) is 1. The number of hydrogen-bond acceptors (Lipinski definition) is 3. The number of amides is 1. The van der Waals surface area contributed by atoms with Crippen LogP contribution in [-0.2, 0) is 11.3 Å². The summed E-state index contributed by atoms with van der Waals surface area (Å²) in [5.74, 6) is -1.10. The molecular formula is C18H18F4N2O2. The molecule has 2 aromatic rings. The van der Waals surface area contributed by atoms with Crippen molar-refractivity contribution < 1.29 is 27.1 Å². The van der Waals surface area contributed by atoms with Crippen molar-refractivity contribution in [3.63, 3.8) is 0 Å². The molecule has 26 heavy (non-hydrogen) atoms. The van der Waals surface area contributed by atoms with Gasteiger partial charge in [-0.15, -0.1) is 13.2 Å². The van der Waals surface area contributed by atoms with Gasteiger partial charge in [-0.2, -0.15) is 0 Å². The van der Waals surface area contributed by atoms with Gasteiger partial charge in [-0.1, -0.05) is 18.2 Å². The van der Waals surface area contributed by atoms with Gasteiger partial charge in [0.25, 0.3) is 0 Å². The van der Waals surface area contributed by atoms with Crippen molar-refractivity contribution in [1.82, 2.24) is 4.90 Å². The first-order valence-electron chi connectivity index (χ1n) is 7.76. The van der Waals surface area contributed by atoms with E-state index < -0.39 is 12.4 Å². The van der Waals surface area contributed by atoms with Gasteiger partial charge in [0.2, 0.25) is 5.91 Å². The largest absolute Gasteiger partial charge is 0.573 e. The molecule has 8 heteroatoms. The molecule has 0 aliphatic rings. The van der Waals surface area contributed by atoms with Gasteiger partial charge >= 0.3 is 6.36 Å². The van der Waals surface area contributed by atoms with E-state index in [2.05, 4.69) is 10.1 Å². The fraction of sp³-hybridized carbons (Fsp3) is 0.278. The van der Waals surface area contributed by atoms with Gasteiger partial charge in [-0.25, -0.2) is 4.39 Å². The third kappa shape index (κ3) is 5.73. The average Bonchev–Trinajstić information content (AvgIpc) is 2.56. The molecule has 1 N–H and O–H groups in total. The molecule has 0 radical (unpaired) electrons. The van der Waals surface area contributed by atoms with Crippen LogP contribution in [0.1, 0.15) is 12.5 Å². The van der Waals surface area contributed by atoms with E-state index in [1.54, 1.807) is 37.1 Å². The van der Waals surface area contributed by atoms with Crippen molar-refractivity contribution in [2.24, 2.45) is 0 Å². The molecule has 1 amide bonds. The Morgan fingerprint density at radius 2 is 1.77 bits per heavy atom. The highest BCUT2D eigenvalue weighted by atomic mass is 19.4. The summed E-state index contributed by atoms with van der Waals surface area (Å²) in [6, 6.07) is 10.5. The van der Waals surface area contributed by atoms with E-state index in [1.807, 2.05) is 0 Å². The van der Waals surface area contributed by atoms with Crippen LogP contribution < -0.4 is 10.1 Å². The molecule has 0 bridgehead atoms. The quantitative estimate of drug-likeness (QED) is 0.776. The Balaban J connectivity index is 1.95. The maximum atomic E-state index is 13.7. The van der Waals surface area contributed by atoms with Crippen LogP contribution in [0.15, 0.2) is 48.5 Å². The summed E-state index contributed by atoms with van der Waals surface area (Å²) in [7, 11) is 1.68. The summed E-state index contributed by atoms with van der Waals surface area (Å²) >= 11 is 0. The Hall–Kier alpha value is -2.61. The van der Waals surface area contributed by atoms with E-state index in [4.69, 9.17) is 0 Å². The van der Waals surface area contributed by atoms with Crippen LogP contribution in [0.3, 0.4) is 0 Å².